The number of methoxy groups -OCH3 is 1. The van der Waals surface area contributed by atoms with E-state index in [1.165, 1.54) is 25.3 Å². The molecule has 2 aromatic rings. The van der Waals surface area contributed by atoms with Gasteiger partial charge in [-0.1, -0.05) is 19.4 Å². The Hall–Kier alpha value is -2.43. The zero-order valence-corrected chi connectivity index (χ0v) is 11.9. The number of halogens is 1. The average Bonchev–Trinajstić information content (AvgIpc) is 2.47. The van der Waals surface area contributed by atoms with Crippen LogP contribution in [0.2, 0.25) is 0 Å². The van der Waals surface area contributed by atoms with Gasteiger partial charge in [-0.05, 0) is 30.7 Å². The fourth-order valence-electron chi connectivity index (χ4n) is 2.19. The maximum Gasteiger partial charge on any atom is 0.337 e. The first-order valence-electron chi connectivity index (χ1n) is 6.64. The fraction of sp³-hybridized carbons (Fsp3) is 0.250. The second kappa shape index (κ2) is 6.35. The number of nitrogens with zero attached hydrogens (tertiary/aromatic N) is 1. The Morgan fingerprint density at radius 3 is 2.71 bits per heavy atom. The van der Waals surface area contributed by atoms with E-state index < -0.39 is 11.8 Å². The highest BCUT2D eigenvalue weighted by molar-refractivity contribution is 5.89. The Labute approximate surface area is 122 Å². The number of hydrogen-bond donors (Lipinski definition) is 1. The zero-order valence-electron chi connectivity index (χ0n) is 11.9. The number of benzene rings is 1. The molecule has 0 saturated heterocycles. The third kappa shape index (κ3) is 3.02. The van der Waals surface area contributed by atoms with E-state index in [-0.39, 0.29) is 11.1 Å². The van der Waals surface area contributed by atoms with Crippen molar-refractivity contribution in [1.29, 1.82) is 0 Å². The molecule has 1 aromatic heterocycles. The highest BCUT2D eigenvalue weighted by atomic mass is 19.1. The molecular formula is C16H16FNO3. The van der Waals surface area contributed by atoms with Gasteiger partial charge in [0.05, 0.1) is 29.6 Å². The maximum absolute atomic E-state index is 14.1. The van der Waals surface area contributed by atoms with Crippen LogP contribution in [0.4, 0.5) is 4.39 Å². The Balaban J connectivity index is 2.60. The van der Waals surface area contributed by atoms with E-state index in [4.69, 9.17) is 4.74 Å². The molecule has 1 heterocycles. The minimum atomic E-state index is -1.03. The maximum atomic E-state index is 14.1. The van der Waals surface area contributed by atoms with Crippen molar-refractivity contribution in [3.05, 3.63) is 47.4 Å². The van der Waals surface area contributed by atoms with Gasteiger partial charge in [0.25, 0.3) is 0 Å². The van der Waals surface area contributed by atoms with Gasteiger partial charge in [0.1, 0.15) is 11.6 Å². The lowest BCUT2D eigenvalue weighted by molar-refractivity contribution is 0.0695. The highest BCUT2D eigenvalue weighted by Crippen LogP contribution is 2.31. The first-order valence-corrected chi connectivity index (χ1v) is 6.64. The number of hydrogen-bond acceptors (Lipinski definition) is 3. The topological polar surface area (TPSA) is 59.4 Å². The van der Waals surface area contributed by atoms with Gasteiger partial charge in [-0.25, -0.2) is 9.18 Å². The van der Waals surface area contributed by atoms with Gasteiger partial charge in [-0.15, -0.1) is 0 Å². The molecule has 110 valence electrons. The van der Waals surface area contributed by atoms with Crippen LogP contribution in [0.5, 0.6) is 5.75 Å². The van der Waals surface area contributed by atoms with Gasteiger partial charge in [-0.3, -0.25) is 4.98 Å². The van der Waals surface area contributed by atoms with Crippen LogP contribution < -0.4 is 4.74 Å². The quantitative estimate of drug-likeness (QED) is 0.914. The second-order valence-electron chi connectivity index (χ2n) is 4.56. The summed E-state index contributed by atoms with van der Waals surface area (Å²) in [6.07, 6.45) is 1.28. The molecule has 0 unspecified atom stereocenters. The number of carboxylic acids is 1. The van der Waals surface area contributed by atoms with Gasteiger partial charge < -0.3 is 9.84 Å². The average molecular weight is 289 g/mol. The molecular weight excluding hydrogens is 273 g/mol. The molecule has 0 aliphatic rings. The second-order valence-corrected chi connectivity index (χ2v) is 4.56. The van der Waals surface area contributed by atoms with Crippen LogP contribution in [0.1, 0.15) is 29.4 Å². The summed E-state index contributed by atoms with van der Waals surface area (Å²) in [4.78, 5) is 15.5. The van der Waals surface area contributed by atoms with Crippen LogP contribution in [0.25, 0.3) is 11.3 Å². The Morgan fingerprint density at radius 2 is 2.10 bits per heavy atom. The molecule has 0 amide bonds. The summed E-state index contributed by atoms with van der Waals surface area (Å²) in [6.45, 7) is 1.93. The molecule has 5 heteroatoms. The number of aryl methyl sites for hydroxylation is 1. The minimum absolute atomic E-state index is 0.149. The van der Waals surface area contributed by atoms with E-state index in [1.807, 2.05) is 6.92 Å². The summed E-state index contributed by atoms with van der Waals surface area (Å²) in [5.74, 6) is -1.11. The number of aromatic nitrogens is 1. The SMILES string of the molecule is CCCc1nc(-c2c(F)cccc2OC)ccc1C(=O)O. The third-order valence-electron chi connectivity index (χ3n) is 3.14. The lowest BCUT2D eigenvalue weighted by Crippen LogP contribution is -2.06. The van der Waals surface area contributed by atoms with Crippen LogP contribution in [0.3, 0.4) is 0 Å². The largest absolute Gasteiger partial charge is 0.496 e. The third-order valence-corrected chi connectivity index (χ3v) is 3.14. The van der Waals surface area contributed by atoms with Gasteiger partial charge >= 0.3 is 5.97 Å². The Kier molecular flexibility index (Phi) is 4.52. The normalized spacial score (nSPS) is 10.4. The Bertz CT molecular complexity index is 671. The molecule has 2 rings (SSSR count). The van der Waals surface area contributed by atoms with Crippen molar-refractivity contribution in [1.82, 2.24) is 4.98 Å². The van der Waals surface area contributed by atoms with Crippen molar-refractivity contribution >= 4 is 5.97 Å². The number of pyridine rings is 1. The van der Waals surface area contributed by atoms with E-state index in [0.29, 0.717) is 23.6 Å². The number of carboxylic acid groups (broad SMARTS) is 1. The summed E-state index contributed by atoms with van der Waals surface area (Å²) in [5.41, 5.74) is 1.22. The zero-order chi connectivity index (χ0) is 15.4. The molecule has 0 atom stereocenters. The predicted molar refractivity (Wildman–Crippen MR) is 77.1 cm³/mol. The standard InChI is InChI=1S/C16H16FNO3/c1-3-5-12-10(16(19)20)8-9-13(18-12)15-11(17)6-4-7-14(15)21-2/h4,6-9H,3,5H2,1-2H3,(H,19,20). The number of rotatable bonds is 5. The van der Waals surface area contributed by atoms with Gasteiger partial charge in [0, 0.05) is 0 Å². The number of carbonyl (C=O) groups is 1. The molecule has 0 spiro atoms. The number of aromatic carboxylic acids is 1. The van der Waals surface area contributed by atoms with Crippen molar-refractivity contribution in [2.24, 2.45) is 0 Å². The molecule has 1 N–H and O–H groups in total. The molecule has 21 heavy (non-hydrogen) atoms. The molecule has 4 nitrogen and oxygen atoms in total. The van der Waals surface area contributed by atoms with E-state index in [1.54, 1.807) is 12.1 Å². The summed E-state index contributed by atoms with van der Waals surface area (Å²) in [7, 11) is 1.46. The molecule has 0 aliphatic carbocycles. The summed E-state index contributed by atoms with van der Waals surface area (Å²) < 4.78 is 19.2. The van der Waals surface area contributed by atoms with Crippen LogP contribution in [-0.4, -0.2) is 23.2 Å². The molecule has 0 aliphatic heterocycles. The molecule has 0 bridgehead atoms. The van der Waals surface area contributed by atoms with E-state index >= 15 is 0 Å². The summed E-state index contributed by atoms with van der Waals surface area (Å²) >= 11 is 0. The van der Waals surface area contributed by atoms with Crippen molar-refractivity contribution < 1.29 is 19.0 Å². The predicted octanol–water partition coefficient (Wildman–Crippen LogP) is 3.55. The fourth-order valence-corrected chi connectivity index (χ4v) is 2.19. The van der Waals surface area contributed by atoms with E-state index in [2.05, 4.69) is 4.98 Å². The highest BCUT2D eigenvalue weighted by Gasteiger charge is 2.17. The Morgan fingerprint density at radius 1 is 1.33 bits per heavy atom. The lowest BCUT2D eigenvalue weighted by Gasteiger charge is -2.11. The van der Waals surface area contributed by atoms with Crippen molar-refractivity contribution in [2.45, 2.75) is 19.8 Å². The summed E-state index contributed by atoms with van der Waals surface area (Å²) in [6, 6.07) is 7.48. The van der Waals surface area contributed by atoms with E-state index in [9.17, 15) is 14.3 Å². The van der Waals surface area contributed by atoms with Crippen molar-refractivity contribution in [3.63, 3.8) is 0 Å². The van der Waals surface area contributed by atoms with Gasteiger partial charge in [0.2, 0.25) is 0 Å². The van der Waals surface area contributed by atoms with Crippen molar-refractivity contribution in [2.75, 3.05) is 7.11 Å². The van der Waals surface area contributed by atoms with Crippen molar-refractivity contribution in [3.8, 4) is 17.0 Å². The van der Waals surface area contributed by atoms with Gasteiger partial charge in [-0.2, -0.15) is 0 Å². The smallest absolute Gasteiger partial charge is 0.337 e. The minimum Gasteiger partial charge on any atom is -0.496 e. The van der Waals surface area contributed by atoms with Gasteiger partial charge in [0.15, 0.2) is 0 Å². The van der Waals surface area contributed by atoms with Crippen LogP contribution in [-0.2, 0) is 6.42 Å². The first kappa shape index (κ1) is 15.0. The first-order chi connectivity index (χ1) is 10.1. The molecule has 0 saturated carbocycles. The van der Waals surface area contributed by atoms with Crippen LogP contribution in [0.15, 0.2) is 30.3 Å². The molecule has 1 aromatic carbocycles. The van der Waals surface area contributed by atoms with Crippen LogP contribution >= 0.6 is 0 Å². The van der Waals surface area contributed by atoms with E-state index in [0.717, 1.165) is 6.42 Å². The van der Waals surface area contributed by atoms with Crippen LogP contribution in [0, 0.1) is 5.82 Å². The lowest BCUT2D eigenvalue weighted by atomic mass is 10.0. The summed E-state index contributed by atoms with van der Waals surface area (Å²) in [5, 5.41) is 9.17. The number of ether oxygens (including phenoxy) is 1. The monoisotopic (exact) mass is 289 g/mol. The molecule has 0 fully saturated rings. The molecule has 0 radical (unpaired) electrons.